The number of hydrogen-bond acceptors (Lipinski definition) is 2. The molecule has 0 fully saturated rings. The summed E-state index contributed by atoms with van der Waals surface area (Å²) in [6.07, 6.45) is 5.05. The molecule has 1 aliphatic rings. The minimum absolute atomic E-state index is 0.00240. The molecule has 0 saturated heterocycles. The molecule has 24 heavy (non-hydrogen) atoms. The summed E-state index contributed by atoms with van der Waals surface area (Å²) in [5.41, 5.74) is 3.09. The van der Waals surface area contributed by atoms with Crippen LogP contribution in [-0.4, -0.2) is 26.0 Å². The predicted octanol–water partition coefficient (Wildman–Crippen LogP) is 3.46. The number of nitrogens with zero attached hydrogens (tertiary/aromatic N) is 2. The Morgan fingerprint density at radius 2 is 2.12 bits per heavy atom. The summed E-state index contributed by atoms with van der Waals surface area (Å²) in [7, 11) is 0. The number of carboxylic acid groups (broad SMARTS) is 1. The van der Waals surface area contributed by atoms with E-state index in [4.69, 9.17) is 0 Å². The Kier molecular flexibility index (Phi) is 4.60. The van der Waals surface area contributed by atoms with Crippen LogP contribution in [0.5, 0.6) is 0 Å². The first-order chi connectivity index (χ1) is 11.6. The van der Waals surface area contributed by atoms with Gasteiger partial charge >= 0.3 is 5.97 Å². The number of carboxylic acids is 1. The van der Waals surface area contributed by atoms with Crippen LogP contribution < -0.4 is 0 Å². The van der Waals surface area contributed by atoms with Gasteiger partial charge in [-0.05, 0) is 49.4 Å². The summed E-state index contributed by atoms with van der Waals surface area (Å²) in [6, 6.07) is 5.68. The first-order valence-corrected chi connectivity index (χ1v) is 8.73. The summed E-state index contributed by atoms with van der Waals surface area (Å²) >= 11 is 0. The standard InChI is InChI=1S/C19H24N2O3/c1-3-9-20-10-6-8-15(20)18(22)17-13(4-2)12-16-14(19(23)24)7-5-11-21(16)17/h6,8,10,12,14H,3-5,7,9,11H2,1-2H3,(H,23,24). The topological polar surface area (TPSA) is 64.2 Å². The number of aryl methyl sites for hydroxylation is 2. The third kappa shape index (κ3) is 2.68. The van der Waals surface area contributed by atoms with E-state index in [1.165, 1.54) is 0 Å². The van der Waals surface area contributed by atoms with Gasteiger partial charge in [-0.25, -0.2) is 0 Å². The van der Waals surface area contributed by atoms with E-state index in [0.29, 0.717) is 24.4 Å². The van der Waals surface area contributed by atoms with Crippen LogP contribution in [-0.2, 0) is 24.3 Å². The van der Waals surface area contributed by atoms with Crippen molar-refractivity contribution >= 4 is 11.8 Å². The van der Waals surface area contributed by atoms with Crippen LogP contribution in [0.15, 0.2) is 24.4 Å². The van der Waals surface area contributed by atoms with E-state index >= 15 is 0 Å². The molecule has 1 unspecified atom stereocenters. The van der Waals surface area contributed by atoms with Gasteiger partial charge in [0.05, 0.1) is 17.3 Å². The fourth-order valence-corrected chi connectivity index (χ4v) is 3.72. The second-order valence-electron chi connectivity index (χ2n) is 6.40. The number of aromatic nitrogens is 2. The van der Waals surface area contributed by atoms with Crippen molar-refractivity contribution in [3.8, 4) is 0 Å². The highest BCUT2D eigenvalue weighted by Crippen LogP contribution is 2.33. The largest absolute Gasteiger partial charge is 0.481 e. The van der Waals surface area contributed by atoms with Gasteiger partial charge in [-0.2, -0.15) is 0 Å². The molecule has 1 N–H and O–H groups in total. The summed E-state index contributed by atoms with van der Waals surface area (Å²) < 4.78 is 3.94. The molecule has 5 nitrogen and oxygen atoms in total. The molecule has 5 heteroatoms. The summed E-state index contributed by atoms with van der Waals surface area (Å²) in [6.45, 7) is 5.62. The maximum atomic E-state index is 13.2. The van der Waals surface area contributed by atoms with Crippen LogP contribution in [0.4, 0.5) is 0 Å². The molecular formula is C19H24N2O3. The number of carbonyl (C=O) groups is 2. The van der Waals surface area contributed by atoms with Crippen molar-refractivity contribution in [1.82, 2.24) is 9.13 Å². The summed E-state index contributed by atoms with van der Waals surface area (Å²) in [5.74, 6) is -1.31. The smallest absolute Gasteiger partial charge is 0.312 e. The van der Waals surface area contributed by atoms with Crippen LogP contribution in [0.2, 0.25) is 0 Å². The van der Waals surface area contributed by atoms with Crippen LogP contribution in [0.3, 0.4) is 0 Å². The molecule has 0 amide bonds. The zero-order valence-corrected chi connectivity index (χ0v) is 14.3. The van der Waals surface area contributed by atoms with E-state index in [1.54, 1.807) is 0 Å². The van der Waals surface area contributed by atoms with Crippen molar-refractivity contribution in [3.05, 3.63) is 47.0 Å². The Morgan fingerprint density at radius 1 is 1.33 bits per heavy atom. The van der Waals surface area contributed by atoms with Crippen molar-refractivity contribution in [2.24, 2.45) is 0 Å². The zero-order valence-electron chi connectivity index (χ0n) is 14.3. The first kappa shape index (κ1) is 16.6. The molecule has 1 atom stereocenters. The fourth-order valence-electron chi connectivity index (χ4n) is 3.72. The first-order valence-electron chi connectivity index (χ1n) is 8.73. The van der Waals surface area contributed by atoms with Crippen molar-refractivity contribution < 1.29 is 14.7 Å². The Labute approximate surface area is 141 Å². The Morgan fingerprint density at radius 3 is 2.79 bits per heavy atom. The van der Waals surface area contributed by atoms with Crippen LogP contribution >= 0.6 is 0 Å². The Hall–Kier alpha value is -2.30. The van der Waals surface area contributed by atoms with Crippen molar-refractivity contribution in [3.63, 3.8) is 0 Å². The second kappa shape index (κ2) is 6.67. The minimum Gasteiger partial charge on any atom is -0.481 e. The highest BCUT2D eigenvalue weighted by atomic mass is 16.4. The maximum Gasteiger partial charge on any atom is 0.312 e. The SMILES string of the molecule is CCCn1cccc1C(=O)c1c(CC)cc2n1CCCC2C(=O)O. The minimum atomic E-state index is -0.801. The van der Waals surface area contributed by atoms with Gasteiger partial charge in [0.1, 0.15) is 0 Å². The quantitative estimate of drug-likeness (QED) is 0.826. The van der Waals surface area contributed by atoms with Gasteiger partial charge in [-0.1, -0.05) is 13.8 Å². The van der Waals surface area contributed by atoms with E-state index in [1.807, 2.05) is 40.5 Å². The number of rotatable bonds is 6. The van der Waals surface area contributed by atoms with E-state index in [2.05, 4.69) is 6.92 Å². The lowest BCUT2D eigenvalue weighted by molar-refractivity contribution is -0.139. The molecule has 3 rings (SSSR count). The highest BCUT2D eigenvalue weighted by molar-refractivity contribution is 6.08. The number of aliphatic carboxylic acids is 1. The number of carbonyl (C=O) groups excluding carboxylic acids is 1. The van der Waals surface area contributed by atoms with Crippen molar-refractivity contribution in [1.29, 1.82) is 0 Å². The van der Waals surface area contributed by atoms with Gasteiger partial charge in [0.25, 0.3) is 0 Å². The van der Waals surface area contributed by atoms with Gasteiger partial charge in [-0.15, -0.1) is 0 Å². The van der Waals surface area contributed by atoms with E-state index in [9.17, 15) is 14.7 Å². The average molecular weight is 328 g/mol. The lowest BCUT2D eigenvalue weighted by atomic mass is 9.96. The fraction of sp³-hybridized carbons (Fsp3) is 0.474. The van der Waals surface area contributed by atoms with Gasteiger partial charge < -0.3 is 14.2 Å². The van der Waals surface area contributed by atoms with Gasteiger partial charge in [0.15, 0.2) is 0 Å². The third-order valence-corrected chi connectivity index (χ3v) is 4.86. The summed E-state index contributed by atoms with van der Waals surface area (Å²) in [5, 5.41) is 9.49. The van der Waals surface area contributed by atoms with E-state index in [-0.39, 0.29) is 5.78 Å². The van der Waals surface area contributed by atoms with Crippen LogP contribution in [0, 0.1) is 0 Å². The number of fused-ring (bicyclic) bond motifs is 1. The molecule has 2 aromatic rings. The normalized spacial score (nSPS) is 16.8. The van der Waals surface area contributed by atoms with Crippen LogP contribution in [0.1, 0.15) is 66.5 Å². The molecule has 0 bridgehead atoms. The van der Waals surface area contributed by atoms with E-state index in [0.717, 1.165) is 37.1 Å². The highest BCUT2D eigenvalue weighted by Gasteiger charge is 2.32. The van der Waals surface area contributed by atoms with E-state index < -0.39 is 11.9 Å². The molecule has 0 aromatic carbocycles. The molecule has 0 spiro atoms. The van der Waals surface area contributed by atoms with Gasteiger partial charge in [0, 0.05) is 25.0 Å². The monoisotopic (exact) mass is 328 g/mol. The predicted molar refractivity (Wildman–Crippen MR) is 91.6 cm³/mol. The lowest BCUT2D eigenvalue weighted by Crippen LogP contribution is -2.24. The van der Waals surface area contributed by atoms with Gasteiger partial charge in [-0.3, -0.25) is 9.59 Å². The molecule has 128 valence electrons. The van der Waals surface area contributed by atoms with Crippen LogP contribution in [0.25, 0.3) is 0 Å². The molecule has 2 aromatic heterocycles. The molecule has 3 heterocycles. The molecule has 0 radical (unpaired) electrons. The molecule has 1 aliphatic heterocycles. The second-order valence-corrected chi connectivity index (χ2v) is 6.40. The Balaban J connectivity index is 2.09. The molecule has 0 aliphatic carbocycles. The summed E-state index contributed by atoms with van der Waals surface area (Å²) in [4.78, 5) is 24.8. The molecular weight excluding hydrogens is 304 g/mol. The Bertz CT molecular complexity index is 770. The lowest BCUT2D eigenvalue weighted by Gasteiger charge is -2.23. The maximum absolute atomic E-state index is 13.2. The number of ketones is 1. The average Bonchev–Trinajstić information content (AvgIpc) is 3.17. The number of hydrogen-bond donors (Lipinski definition) is 1. The van der Waals surface area contributed by atoms with Gasteiger partial charge in [0.2, 0.25) is 5.78 Å². The zero-order chi connectivity index (χ0) is 17.3. The van der Waals surface area contributed by atoms with Crippen molar-refractivity contribution in [2.75, 3.05) is 0 Å². The van der Waals surface area contributed by atoms with Crippen molar-refractivity contribution in [2.45, 2.75) is 58.5 Å². The third-order valence-electron chi connectivity index (χ3n) is 4.86. The molecule has 0 saturated carbocycles.